The summed E-state index contributed by atoms with van der Waals surface area (Å²) in [7, 11) is 0. The van der Waals surface area contributed by atoms with E-state index in [4.69, 9.17) is 16.7 Å². The highest BCUT2D eigenvalue weighted by atomic mass is 35.5. The smallest absolute Gasteiger partial charge is 0.274 e. The van der Waals surface area contributed by atoms with Crippen LogP contribution in [0.4, 0.5) is 0 Å². The molecular formula is C30H31Cl2N3O2. The van der Waals surface area contributed by atoms with Gasteiger partial charge in [-0.05, 0) is 36.6 Å². The number of fused-ring (bicyclic) bond motifs is 1. The van der Waals surface area contributed by atoms with Crippen molar-refractivity contribution in [3.05, 3.63) is 111 Å². The van der Waals surface area contributed by atoms with Gasteiger partial charge in [-0.2, -0.15) is 5.10 Å². The zero-order chi connectivity index (χ0) is 24.9. The van der Waals surface area contributed by atoms with Gasteiger partial charge in [0.25, 0.3) is 5.56 Å². The quantitative estimate of drug-likeness (QED) is 0.365. The summed E-state index contributed by atoms with van der Waals surface area (Å²) in [5.74, 6) is 0.197. The second-order valence-corrected chi connectivity index (χ2v) is 10.1. The lowest BCUT2D eigenvalue weighted by molar-refractivity contribution is -0.898. The first kappa shape index (κ1) is 27.1. The van der Waals surface area contributed by atoms with E-state index in [0.717, 1.165) is 66.5 Å². The largest absolute Gasteiger partial charge is 1.00 e. The molecule has 1 aliphatic heterocycles. The summed E-state index contributed by atoms with van der Waals surface area (Å²) < 4.78 is 1.74. The molecule has 7 heteroatoms. The third-order valence-corrected chi connectivity index (χ3v) is 7.49. The third kappa shape index (κ3) is 6.48. The molecule has 2 heterocycles. The molecule has 3 aromatic carbocycles. The van der Waals surface area contributed by atoms with Gasteiger partial charge in [-0.15, -0.1) is 0 Å². The number of quaternary nitrogens is 1. The number of ketones is 1. The molecule has 37 heavy (non-hydrogen) atoms. The zero-order valence-electron chi connectivity index (χ0n) is 20.7. The van der Waals surface area contributed by atoms with E-state index in [1.165, 1.54) is 4.90 Å². The minimum absolute atomic E-state index is 0. The summed E-state index contributed by atoms with van der Waals surface area (Å²) >= 11 is 6.07. The topological polar surface area (TPSA) is 56.4 Å². The van der Waals surface area contributed by atoms with Crippen molar-refractivity contribution in [2.75, 3.05) is 19.6 Å². The highest BCUT2D eigenvalue weighted by Gasteiger charge is 2.24. The monoisotopic (exact) mass is 535 g/mol. The number of nitrogens with zero attached hydrogens (tertiary/aromatic N) is 2. The fourth-order valence-electron chi connectivity index (χ4n) is 5.23. The summed E-state index contributed by atoms with van der Waals surface area (Å²) in [4.78, 5) is 27.5. The van der Waals surface area contributed by atoms with Gasteiger partial charge in [0.1, 0.15) is 0 Å². The van der Waals surface area contributed by atoms with E-state index >= 15 is 0 Å². The fourth-order valence-corrected chi connectivity index (χ4v) is 5.35. The van der Waals surface area contributed by atoms with Crippen molar-refractivity contribution in [2.24, 2.45) is 0 Å². The van der Waals surface area contributed by atoms with E-state index in [2.05, 4.69) is 0 Å². The van der Waals surface area contributed by atoms with Crippen LogP contribution in [-0.2, 0) is 6.42 Å². The van der Waals surface area contributed by atoms with Crippen LogP contribution >= 0.6 is 11.6 Å². The van der Waals surface area contributed by atoms with Crippen molar-refractivity contribution in [1.82, 2.24) is 9.78 Å². The SMILES string of the molecule is O=C(CC[NH+]1CCCC(n2nc(Cc3ccc(Cl)cc3)c3ccccc3c2=O)CC1)c1ccccc1.[Cl-]. The van der Waals surface area contributed by atoms with Crippen molar-refractivity contribution in [3.63, 3.8) is 0 Å². The molecular weight excluding hydrogens is 505 g/mol. The number of aromatic nitrogens is 2. The molecule has 1 N–H and O–H groups in total. The first-order chi connectivity index (χ1) is 17.6. The molecule has 1 saturated heterocycles. The number of carbonyl (C=O) groups is 1. The Kier molecular flexibility index (Phi) is 9.14. The van der Waals surface area contributed by atoms with Crippen molar-refractivity contribution >= 4 is 28.2 Å². The van der Waals surface area contributed by atoms with Crippen molar-refractivity contribution in [3.8, 4) is 0 Å². The molecule has 192 valence electrons. The third-order valence-electron chi connectivity index (χ3n) is 7.24. The van der Waals surface area contributed by atoms with Crippen LogP contribution < -0.4 is 22.9 Å². The second-order valence-electron chi connectivity index (χ2n) is 9.67. The molecule has 4 aromatic rings. The molecule has 1 aromatic heterocycles. The van der Waals surface area contributed by atoms with Gasteiger partial charge >= 0.3 is 0 Å². The maximum Gasteiger partial charge on any atom is 0.274 e. The Labute approximate surface area is 228 Å². The van der Waals surface area contributed by atoms with Gasteiger partial charge in [0.2, 0.25) is 0 Å². The van der Waals surface area contributed by atoms with Crippen LogP contribution in [0.25, 0.3) is 10.8 Å². The lowest BCUT2D eigenvalue weighted by Gasteiger charge is -2.19. The number of hydrogen-bond donors (Lipinski definition) is 1. The van der Waals surface area contributed by atoms with E-state index in [1.54, 1.807) is 4.68 Å². The summed E-state index contributed by atoms with van der Waals surface area (Å²) in [6, 6.07) is 25.2. The molecule has 1 fully saturated rings. The van der Waals surface area contributed by atoms with E-state index in [-0.39, 0.29) is 29.8 Å². The highest BCUT2D eigenvalue weighted by Crippen LogP contribution is 2.22. The summed E-state index contributed by atoms with van der Waals surface area (Å²) in [6.07, 6.45) is 3.99. The zero-order valence-corrected chi connectivity index (χ0v) is 22.2. The Balaban J connectivity index is 0.00000320. The Morgan fingerprint density at radius 3 is 2.38 bits per heavy atom. The number of carbonyl (C=O) groups excluding carboxylic acids is 1. The van der Waals surface area contributed by atoms with Gasteiger partial charge in [-0.3, -0.25) is 9.59 Å². The summed E-state index contributed by atoms with van der Waals surface area (Å²) in [5.41, 5.74) is 2.79. The predicted molar refractivity (Wildman–Crippen MR) is 144 cm³/mol. The Morgan fingerprint density at radius 2 is 1.62 bits per heavy atom. The molecule has 0 spiro atoms. The molecule has 2 unspecified atom stereocenters. The summed E-state index contributed by atoms with van der Waals surface area (Å²) in [5, 5.41) is 7.27. The number of benzene rings is 3. The Morgan fingerprint density at radius 1 is 0.919 bits per heavy atom. The van der Waals surface area contributed by atoms with Crippen LogP contribution in [0.15, 0.2) is 83.7 Å². The van der Waals surface area contributed by atoms with Crippen LogP contribution in [0.5, 0.6) is 0 Å². The number of rotatable bonds is 7. The molecule has 0 aliphatic carbocycles. The van der Waals surface area contributed by atoms with Gasteiger partial charge in [0.05, 0.1) is 43.2 Å². The fraction of sp³-hybridized carbons (Fsp3) is 0.300. The average Bonchev–Trinajstić information content (AvgIpc) is 3.16. The minimum atomic E-state index is -0.0156. The van der Waals surface area contributed by atoms with Crippen molar-refractivity contribution in [2.45, 2.75) is 38.1 Å². The molecule has 2 atom stereocenters. The molecule has 0 bridgehead atoms. The number of hydrogen-bond acceptors (Lipinski definition) is 3. The molecule has 5 rings (SSSR count). The van der Waals surface area contributed by atoms with Crippen LogP contribution in [0.2, 0.25) is 5.02 Å². The van der Waals surface area contributed by atoms with Crippen LogP contribution in [0.1, 0.15) is 53.3 Å². The average molecular weight is 537 g/mol. The van der Waals surface area contributed by atoms with Crippen LogP contribution in [-0.4, -0.2) is 35.2 Å². The van der Waals surface area contributed by atoms with E-state index in [9.17, 15) is 9.59 Å². The number of nitrogens with one attached hydrogen (secondary N) is 1. The lowest BCUT2D eigenvalue weighted by Crippen LogP contribution is -3.12. The number of halogens is 2. The second kappa shape index (κ2) is 12.5. The van der Waals surface area contributed by atoms with Gasteiger partial charge in [-0.25, -0.2) is 4.68 Å². The number of Topliss-reactive ketones (excluding diaryl/α,β-unsaturated/α-hetero) is 1. The van der Waals surface area contributed by atoms with Gasteiger partial charge in [0.15, 0.2) is 5.78 Å². The number of likely N-dealkylation sites (tertiary alicyclic amines) is 1. The van der Waals surface area contributed by atoms with Gasteiger partial charge in [0, 0.05) is 28.8 Å². The van der Waals surface area contributed by atoms with Gasteiger partial charge in [-0.1, -0.05) is 72.3 Å². The first-order valence-corrected chi connectivity index (χ1v) is 13.1. The first-order valence-electron chi connectivity index (χ1n) is 12.7. The normalized spacial score (nSPS) is 17.6. The minimum Gasteiger partial charge on any atom is -1.00 e. The van der Waals surface area contributed by atoms with Crippen molar-refractivity contribution in [1.29, 1.82) is 0 Å². The molecule has 0 amide bonds. The molecule has 5 nitrogen and oxygen atoms in total. The lowest BCUT2D eigenvalue weighted by atomic mass is 10.0. The summed E-state index contributed by atoms with van der Waals surface area (Å²) in [6.45, 7) is 2.76. The highest BCUT2D eigenvalue weighted by molar-refractivity contribution is 6.30. The van der Waals surface area contributed by atoms with Crippen LogP contribution in [0.3, 0.4) is 0 Å². The van der Waals surface area contributed by atoms with Crippen molar-refractivity contribution < 1.29 is 22.1 Å². The van der Waals surface area contributed by atoms with E-state index in [1.807, 2.05) is 78.9 Å². The molecule has 0 radical (unpaired) electrons. The van der Waals surface area contributed by atoms with E-state index < -0.39 is 0 Å². The Bertz CT molecular complexity index is 1400. The predicted octanol–water partition coefficient (Wildman–Crippen LogP) is 1.53. The standard InChI is InChI=1S/C30H30ClN3O2.ClH/c31-24-14-12-22(13-15-24)21-28-26-10-4-5-11-27(26)30(36)34(32-28)25-9-6-18-33(19-16-25)20-17-29(35)23-7-2-1-3-8-23;/h1-5,7-8,10-15,25H,6,9,16-21H2;1H. The maximum absolute atomic E-state index is 13.5. The Hall–Kier alpha value is -2.99. The van der Waals surface area contributed by atoms with E-state index in [0.29, 0.717) is 17.9 Å². The van der Waals surface area contributed by atoms with Crippen LogP contribution in [0, 0.1) is 0 Å². The molecule has 0 saturated carbocycles. The molecule has 1 aliphatic rings. The maximum atomic E-state index is 13.5. The van der Waals surface area contributed by atoms with Gasteiger partial charge < -0.3 is 17.3 Å².